The minimum atomic E-state index is -0.280. The van der Waals surface area contributed by atoms with E-state index in [1.807, 2.05) is 42.1 Å². The second kappa shape index (κ2) is 9.67. The maximum Gasteiger partial charge on any atom is 0.305 e. The van der Waals surface area contributed by atoms with Crippen molar-refractivity contribution in [3.8, 4) is 17.0 Å². The van der Waals surface area contributed by atoms with Gasteiger partial charge in [-0.1, -0.05) is 17.7 Å². The third kappa shape index (κ3) is 4.61. The van der Waals surface area contributed by atoms with E-state index in [9.17, 15) is 4.79 Å². The standard InChI is InChI=1S/C25H27ClN6O3/c1-15-21-12-28-18(7-8-23(33)34-3)14-31(21)30-24(15)17-10-22(25-19(26)11-29-32(25)13-17)35-16(2)20-6-4-5-9-27-20/h4-6,9-11,13,16,18,28H,7-8,12,14H2,1-3H3/t16-,18+/m1/s1. The van der Waals surface area contributed by atoms with Crippen molar-refractivity contribution >= 4 is 23.1 Å². The monoisotopic (exact) mass is 494 g/mol. The van der Waals surface area contributed by atoms with Gasteiger partial charge in [0.25, 0.3) is 0 Å². The summed E-state index contributed by atoms with van der Waals surface area (Å²) < 4.78 is 14.9. The van der Waals surface area contributed by atoms with Crippen LogP contribution in [-0.2, 0) is 22.6 Å². The molecule has 4 aromatic rings. The number of methoxy groups -OCH3 is 1. The van der Waals surface area contributed by atoms with E-state index in [2.05, 4.69) is 22.3 Å². The predicted octanol–water partition coefficient (Wildman–Crippen LogP) is 4.12. The van der Waals surface area contributed by atoms with Crippen molar-refractivity contribution in [2.45, 2.75) is 51.9 Å². The Hall–Kier alpha value is -3.43. The van der Waals surface area contributed by atoms with Gasteiger partial charge < -0.3 is 14.8 Å². The summed E-state index contributed by atoms with van der Waals surface area (Å²) in [5, 5.41) is 13.4. The quantitative estimate of drug-likeness (QED) is 0.386. The fraction of sp³-hybridized carbons (Fsp3) is 0.360. The maximum absolute atomic E-state index is 11.5. The molecule has 0 unspecified atom stereocenters. The van der Waals surface area contributed by atoms with Crippen molar-refractivity contribution in [3.63, 3.8) is 0 Å². The Kier molecular flexibility index (Phi) is 6.44. The smallest absolute Gasteiger partial charge is 0.305 e. The van der Waals surface area contributed by atoms with Crippen LogP contribution in [0, 0.1) is 6.92 Å². The Morgan fingerprint density at radius 2 is 2.23 bits per heavy atom. The number of hydrogen-bond donors (Lipinski definition) is 1. The average Bonchev–Trinajstić information content (AvgIpc) is 3.42. The molecule has 0 fully saturated rings. The highest BCUT2D eigenvalue weighted by Gasteiger charge is 2.25. The second-order valence-corrected chi connectivity index (χ2v) is 9.10. The molecule has 0 aromatic carbocycles. The van der Waals surface area contributed by atoms with Crippen molar-refractivity contribution in [3.05, 3.63) is 64.8 Å². The molecule has 0 amide bonds. The Morgan fingerprint density at radius 1 is 1.37 bits per heavy atom. The van der Waals surface area contributed by atoms with E-state index in [1.54, 1.807) is 16.9 Å². The van der Waals surface area contributed by atoms with Crippen LogP contribution < -0.4 is 10.1 Å². The molecule has 35 heavy (non-hydrogen) atoms. The fourth-order valence-electron chi connectivity index (χ4n) is 4.47. The lowest BCUT2D eigenvalue weighted by Crippen LogP contribution is -2.39. The zero-order valence-corrected chi connectivity index (χ0v) is 20.6. The number of pyridine rings is 2. The Bertz CT molecular complexity index is 1370. The molecule has 0 radical (unpaired) electrons. The van der Waals surface area contributed by atoms with Gasteiger partial charge in [0.05, 0.1) is 42.0 Å². The minimum Gasteiger partial charge on any atom is -0.482 e. The van der Waals surface area contributed by atoms with Crippen molar-refractivity contribution in [2.75, 3.05) is 7.11 Å². The highest BCUT2D eigenvalue weighted by molar-refractivity contribution is 6.34. The van der Waals surface area contributed by atoms with Crippen LogP contribution in [0.1, 0.15) is 42.8 Å². The molecule has 1 aliphatic rings. The van der Waals surface area contributed by atoms with Crippen molar-refractivity contribution in [2.24, 2.45) is 0 Å². The number of nitrogens with zero attached hydrogens (tertiary/aromatic N) is 5. The largest absolute Gasteiger partial charge is 0.482 e. The number of esters is 1. The molecule has 0 aliphatic carbocycles. The zero-order chi connectivity index (χ0) is 24.5. The van der Waals surface area contributed by atoms with E-state index in [0.717, 1.165) is 28.2 Å². The van der Waals surface area contributed by atoms with Gasteiger partial charge in [0.1, 0.15) is 17.4 Å². The zero-order valence-electron chi connectivity index (χ0n) is 19.9. The lowest BCUT2D eigenvalue weighted by atomic mass is 10.1. The first-order chi connectivity index (χ1) is 16.9. The van der Waals surface area contributed by atoms with Crippen LogP contribution in [0.4, 0.5) is 0 Å². The third-order valence-corrected chi connectivity index (χ3v) is 6.69. The number of fused-ring (bicyclic) bond motifs is 2. The number of ether oxygens (including phenoxy) is 2. The molecule has 4 aromatic heterocycles. The third-order valence-electron chi connectivity index (χ3n) is 6.41. The van der Waals surface area contributed by atoms with Gasteiger partial charge in [-0.15, -0.1) is 0 Å². The number of aromatic nitrogens is 5. The highest BCUT2D eigenvalue weighted by Crippen LogP contribution is 2.36. The molecule has 182 valence electrons. The maximum atomic E-state index is 11.5. The van der Waals surface area contributed by atoms with E-state index in [-0.39, 0.29) is 18.1 Å². The molecule has 0 bridgehead atoms. The molecule has 0 spiro atoms. The number of hydrogen-bond acceptors (Lipinski definition) is 7. The van der Waals surface area contributed by atoms with Crippen LogP contribution in [0.3, 0.4) is 0 Å². The highest BCUT2D eigenvalue weighted by atomic mass is 35.5. The minimum absolute atomic E-state index is 0.152. The van der Waals surface area contributed by atoms with Crippen LogP contribution >= 0.6 is 11.6 Å². The van der Waals surface area contributed by atoms with Gasteiger partial charge in [0.2, 0.25) is 0 Å². The topological polar surface area (TPSA) is 95.6 Å². The Morgan fingerprint density at radius 3 is 3.00 bits per heavy atom. The van der Waals surface area contributed by atoms with Gasteiger partial charge in [-0.3, -0.25) is 14.5 Å². The van der Waals surface area contributed by atoms with Crippen LogP contribution in [0.15, 0.2) is 42.9 Å². The molecule has 10 heteroatoms. The number of halogens is 1. The summed E-state index contributed by atoms with van der Waals surface area (Å²) in [6, 6.07) is 7.86. The molecule has 2 atom stereocenters. The van der Waals surface area contributed by atoms with Crippen molar-refractivity contribution in [1.82, 2.24) is 29.7 Å². The summed E-state index contributed by atoms with van der Waals surface area (Å²) in [4.78, 5) is 16.0. The molecule has 0 saturated heterocycles. The molecule has 0 saturated carbocycles. The SMILES string of the molecule is COC(=O)CC[C@H]1Cn2nc(-c3cc(O[C@H](C)c4ccccn4)c4c(Cl)cnn4c3)c(C)c2CN1. The van der Waals surface area contributed by atoms with Gasteiger partial charge in [0.15, 0.2) is 0 Å². The number of carbonyl (C=O) groups excluding carboxylic acids is 1. The fourth-order valence-corrected chi connectivity index (χ4v) is 4.70. The van der Waals surface area contributed by atoms with E-state index in [4.69, 9.17) is 26.2 Å². The van der Waals surface area contributed by atoms with E-state index < -0.39 is 0 Å². The van der Waals surface area contributed by atoms with E-state index in [1.165, 1.54) is 7.11 Å². The van der Waals surface area contributed by atoms with Gasteiger partial charge in [-0.2, -0.15) is 10.2 Å². The molecule has 1 N–H and O–H groups in total. The van der Waals surface area contributed by atoms with Gasteiger partial charge in [-0.25, -0.2) is 4.52 Å². The summed E-state index contributed by atoms with van der Waals surface area (Å²) in [5.41, 5.74) is 5.47. The normalized spacial score (nSPS) is 16.2. The van der Waals surface area contributed by atoms with Crippen molar-refractivity contribution < 1.29 is 14.3 Å². The predicted molar refractivity (Wildman–Crippen MR) is 131 cm³/mol. The summed E-state index contributed by atoms with van der Waals surface area (Å²) in [6.45, 7) is 5.39. The van der Waals surface area contributed by atoms with Crippen LogP contribution in [0.5, 0.6) is 5.75 Å². The first-order valence-corrected chi connectivity index (χ1v) is 11.9. The molecule has 9 nitrogen and oxygen atoms in total. The van der Waals surface area contributed by atoms with Gasteiger partial charge >= 0.3 is 5.97 Å². The van der Waals surface area contributed by atoms with Crippen LogP contribution in [0.25, 0.3) is 16.8 Å². The van der Waals surface area contributed by atoms with E-state index in [0.29, 0.717) is 42.2 Å². The summed E-state index contributed by atoms with van der Waals surface area (Å²) in [7, 11) is 1.41. The van der Waals surface area contributed by atoms with Gasteiger partial charge in [-0.05, 0) is 44.0 Å². The van der Waals surface area contributed by atoms with Crippen LogP contribution in [-0.4, -0.2) is 43.5 Å². The molecular weight excluding hydrogens is 468 g/mol. The average molecular weight is 495 g/mol. The first-order valence-electron chi connectivity index (χ1n) is 11.6. The lowest BCUT2D eigenvalue weighted by molar-refractivity contribution is -0.140. The Balaban J connectivity index is 1.47. The molecule has 5 rings (SSSR count). The van der Waals surface area contributed by atoms with Crippen LogP contribution in [0.2, 0.25) is 5.02 Å². The van der Waals surface area contributed by atoms with E-state index >= 15 is 0 Å². The number of carbonyl (C=O) groups is 1. The second-order valence-electron chi connectivity index (χ2n) is 8.69. The summed E-state index contributed by atoms with van der Waals surface area (Å²) in [6.07, 6.45) is 6.07. The first kappa shape index (κ1) is 23.3. The molecular formula is C25H27ClN6O3. The summed E-state index contributed by atoms with van der Waals surface area (Å²) in [5.74, 6) is 0.413. The molecule has 1 aliphatic heterocycles. The summed E-state index contributed by atoms with van der Waals surface area (Å²) >= 11 is 6.46. The number of nitrogens with one attached hydrogen (secondary N) is 1. The molecule has 5 heterocycles. The van der Waals surface area contributed by atoms with Crippen molar-refractivity contribution in [1.29, 1.82) is 0 Å². The lowest BCUT2D eigenvalue weighted by Gasteiger charge is -2.25. The number of rotatable bonds is 7. The van der Waals surface area contributed by atoms with Gasteiger partial charge in [0, 0.05) is 37.0 Å². The Labute approximate surface area is 208 Å².